The number of nitrogens with zero attached hydrogens (tertiary/aromatic N) is 4. The number of nitrogens with one attached hydrogen (secondary N) is 2. The number of imidazole rings is 1. The molecule has 1 aliphatic heterocycles. The van der Waals surface area contributed by atoms with Crippen LogP contribution in [0.2, 0.25) is 0 Å². The highest BCUT2D eigenvalue weighted by molar-refractivity contribution is 7.99. The number of fused-ring (bicyclic) bond motifs is 2. The topological polar surface area (TPSA) is 104 Å². The molecule has 0 atom stereocenters. The summed E-state index contributed by atoms with van der Waals surface area (Å²) >= 11 is 1.47. The van der Waals surface area contributed by atoms with E-state index in [0.717, 1.165) is 50.4 Å². The third-order valence-electron chi connectivity index (χ3n) is 5.91. The van der Waals surface area contributed by atoms with Crippen molar-refractivity contribution in [3.63, 3.8) is 0 Å². The van der Waals surface area contributed by atoms with E-state index in [9.17, 15) is 4.79 Å². The molecule has 1 aliphatic rings. The van der Waals surface area contributed by atoms with Gasteiger partial charge >= 0.3 is 0 Å². The van der Waals surface area contributed by atoms with E-state index in [1.54, 1.807) is 12.4 Å². The largest absolute Gasteiger partial charge is 0.453 e. The molecule has 34 heavy (non-hydrogen) atoms. The molecular weight excluding hydrogens is 448 g/mol. The third kappa shape index (κ3) is 4.15. The summed E-state index contributed by atoms with van der Waals surface area (Å²) in [5.74, 6) is 1.42. The molecule has 0 bridgehead atoms. The number of rotatable bonds is 5. The number of aromatic amines is 2. The van der Waals surface area contributed by atoms with Gasteiger partial charge in [-0.15, -0.1) is 0 Å². The highest BCUT2D eigenvalue weighted by Gasteiger charge is 2.22. The summed E-state index contributed by atoms with van der Waals surface area (Å²) in [6, 6.07) is 13.8. The van der Waals surface area contributed by atoms with Gasteiger partial charge in [0.25, 0.3) is 5.56 Å². The first-order chi connectivity index (χ1) is 16.6. The average Bonchev–Trinajstić information content (AvgIpc) is 3.45. The lowest BCUT2D eigenvalue weighted by Crippen LogP contribution is -2.35. The average molecular weight is 471 g/mol. The zero-order valence-electron chi connectivity index (χ0n) is 18.5. The van der Waals surface area contributed by atoms with Crippen LogP contribution < -0.4 is 5.56 Å². The van der Waals surface area contributed by atoms with E-state index >= 15 is 0 Å². The Morgan fingerprint density at radius 3 is 2.97 bits per heavy atom. The normalized spacial score (nSPS) is 13.9. The van der Waals surface area contributed by atoms with Gasteiger partial charge in [0.2, 0.25) is 0 Å². The lowest BCUT2D eigenvalue weighted by molar-refractivity contribution is 0.217. The van der Waals surface area contributed by atoms with Crippen molar-refractivity contribution in [1.29, 1.82) is 0 Å². The van der Waals surface area contributed by atoms with Crippen LogP contribution in [0.4, 0.5) is 0 Å². The van der Waals surface area contributed by atoms with Crippen molar-refractivity contribution in [2.75, 3.05) is 6.54 Å². The standard InChI is InChI=1S/C25H22N6O2S/c1-15-4-6-20-21(11-15)29-25(28-20)34-22-7-5-17(33-22)13-31-10-8-19-18(14-31)24(32)30-23(27-19)16-3-2-9-26-12-16/h2-7,9,11-12H,8,10,13-14H2,1H3,(H,28,29)(H,27,30,32). The number of hydrogen-bond donors (Lipinski definition) is 2. The second-order valence-corrected chi connectivity index (χ2v) is 9.42. The van der Waals surface area contributed by atoms with Crippen LogP contribution in [0.1, 0.15) is 22.6 Å². The number of aryl methyl sites for hydroxylation is 1. The molecule has 9 heteroatoms. The molecule has 0 saturated carbocycles. The molecule has 1 aromatic carbocycles. The van der Waals surface area contributed by atoms with E-state index in [0.29, 0.717) is 25.3 Å². The maximum absolute atomic E-state index is 12.8. The summed E-state index contributed by atoms with van der Waals surface area (Å²) in [4.78, 5) is 34.7. The molecule has 0 fully saturated rings. The number of benzene rings is 1. The maximum Gasteiger partial charge on any atom is 0.255 e. The highest BCUT2D eigenvalue weighted by Crippen LogP contribution is 2.30. The summed E-state index contributed by atoms with van der Waals surface area (Å²) < 4.78 is 6.06. The van der Waals surface area contributed by atoms with Gasteiger partial charge in [-0.25, -0.2) is 9.97 Å². The van der Waals surface area contributed by atoms with E-state index in [1.165, 1.54) is 17.3 Å². The van der Waals surface area contributed by atoms with Gasteiger partial charge < -0.3 is 14.4 Å². The van der Waals surface area contributed by atoms with Gasteiger partial charge in [-0.05, 0) is 60.6 Å². The molecular formula is C25H22N6O2S. The Morgan fingerprint density at radius 1 is 1.15 bits per heavy atom. The first-order valence-electron chi connectivity index (χ1n) is 11.1. The summed E-state index contributed by atoms with van der Waals surface area (Å²) in [6.07, 6.45) is 4.12. The Morgan fingerprint density at radius 2 is 2.09 bits per heavy atom. The number of furan rings is 1. The van der Waals surface area contributed by atoms with Gasteiger partial charge in [-0.1, -0.05) is 6.07 Å². The van der Waals surface area contributed by atoms with Crippen LogP contribution in [0.15, 0.2) is 74.3 Å². The predicted octanol–water partition coefficient (Wildman–Crippen LogP) is 4.32. The Hall–Kier alpha value is -3.69. The summed E-state index contributed by atoms with van der Waals surface area (Å²) in [7, 11) is 0. The molecule has 0 amide bonds. The summed E-state index contributed by atoms with van der Waals surface area (Å²) in [6.45, 7) is 4.04. The van der Waals surface area contributed by atoms with Gasteiger partial charge in [0.15, 0.2) is 10.2 Å². The Kier molecular flexibility index (Phi) is 5.27. The van der Waals surface area contributed by atoms with Crippen molar-refractivity contribution >= 4 is 22.8 Å². The Bertz CT molecular complexity index is 1540. The Labute approximate surface area is 199 Å². The van der Waals surface area contributed by atoms with Crippen LogP contribution in [0.5, 0.6) is 0 Å². The quantitative estimate of drug-likeness (QED) is 0.394. The van der Waals surface area contributed by atoms with Crippen LogP contribution in [0.25, 0.3) is 22.4 Å². The summed E-state index contributed by atoms with van der Waals surface area (Å²) in [5.41, 5.74) is 5.45. The minimum Gasteiger partial charge on any atom is -0.453 e. The maximum atomic E-state index is 12.8. The number of pyridine rings is 1. The van der Waals surface area contributed by atoms with Gasteiger partial charge in [0, 0.05) is 37.5 Å². The van der Waals surface area contributed by atoms with E-state index in [1.807, 2.05) is 30.3 Å². The van der Waals surface area contributed by atoms with Crippen LogP contribution in [-0.4, -0.2) is 36.4 Å². The minimum atomic E-state index is -0.0932. The van der Waals surface area contributed by atoms with E-state index in [2.05, 4.69) is 43.9 Å². The van der Waals surface area contributed by atoms with E-state index in [4.69, 9.17) is 9.40 Å². The zero-order chi connectivity index (χ0) is 23.1. The number of aromatic nitrogens is 5. The molecule has 0 saturated heterocycles. The first-order valence-corrected chi connectivity index (χ1v) is 11.9. The zero-order valence-corrected chi connectivity index (χ0v) is 19.4. The molecule has 5 heterocycles. The number of hydrogen-bond acceptors (Lipinski definition) is 7. The first kappa shape index (κ1) is 20.9. The van der Waals surface area contributed by atoms with E-state index < -0.39 is 0 Å². The van der Waals surface area contributed by atoms with Crippen molar-refractivity contribution in [2.45, 2.75) is 36.7 Å². The molecule has 0 unspecified atom stereocenters. The fraction of sp³-hybridized carbons (Fsp3) is 0.200. The van der Waals surface area contributed by atoms with Crippen molar-refractivity contribution in [2.24, 2.45) is 0 Å². The van der Waals surface area contributed by atoms with Crippen LogP contribution in [0.3, 0.4) is 0 Å². The van der Waals surface area contributed by atoms with Crippen molar-refractivity contribution in [1.82, 2.24) is 29.8 Å². The molecule has 5 aromatic rings. The van der Waals surface area contributed by atoms with Gasteiger partial charge in [-0.3, -0.25) is 14.7 Å². The lowest BCUT2D eigenvalue weighted by atomic mass is 10.1. The predicted molar refractivity (Wildman–Crippen MR) is 130 cm³/mol. The van der Waals surface area contributed by atoms with Gasteiger partial charge in [0.05, 0.1) is 28.8 Å². The molecule has 2 N–H and O–H groups in total. The van der Waals surface area contributed by atoms with Crippen molar-refractivity contribution in [3.8, 4) is 11.4 Å². The SMILES string of the molecule is Cc1ccc2nc(Sc3ccc(CN4CCc5nc(-c6cccnc6)[nH]c(=O)c5C4)o3)[nH]c2c1. The second kappa shape index (κ2) is 8.58. The van der Waals surface area contributed by atoms with Crippen LogP contribution in [-0.2, 0) is 19.5 Å². The third-order valence-corrected chi connectivity index (χ3v) is 6.72. The van der Waals surface area contributed by atoms with Crippen molar-refractivity contribution < 1.29 is 4.42 Å². The number of H-pyrrole nitrogens is 2. The highest BCUT2D eigenvalue weighted by atomic mass is 32.2. The van der Waals surface area contributed by atoms with E-state index in [-0.39, 0.29) is 5.56 Å². The second-order valence-electron chi connectivity index (χ2n) is 8.43. The molecule has 0 radical (unpaired) electrons. The fourth-order valence-corrected chi connectivity index (χ4v) is 5.00. The van der Waals surface area contributed by atoms with Crippen molar-refractivity contribution in [3.05, 3.63) is 87.8 Å². The Balaban J connectivity index is 1.15. The minimum absolute atomic E-state index is 0.0932. The van der Waals surface area contributed by atoms with Crippen LogP contribution in [0, 0.1) is 6.92 Å². The molecule has 0 spiro atoms. The smallest absolute Gasteiger partial charge is 0.255 e. The lowest BCUT2D eigenvalue weighted by Gasteiger charge is -2.26. The molecule has 0 aliphatic carbocycles. The molecule has 4 aromatic heterocycles. The monoisotopic (exact) mass is 470 g/mol. The van der Waals surface area contributed by atoms with Gasteiger partial charge in [-0.2, -0.15) is 0 Å². The fourth-order valence-electron chi connectivity index (χ4n) is 4.22. The summed E-state index contributed by atoms with van der Waals surface area (Å²) in [5, 5.41) is 1.58. The molecule has 170 valence electrons. The van der Waals surface area contributed by atoms with Crippen LogP contribution >= 0.6 is 11.8 Å². The molecule has 8 nitrogen and oxygen atoms in total. The van der Waals surface area contributed by atoms with Gasteiger partial charge in [0.1, 0.15) is 11.6 Å². The molecule has 6 rings (SSSR count).